The Bertz CT molecular complexity index is 1630. The van der Waals surface area contributed by atoms with Gasteiger partial charge < -0.3 is 30.2 Å². The van der Waals surface area contributed by atoms with Crippen LogP contribution in [0.4, 0.5) is 15.8 Å². The van der Waals surface area contributed by atoms with Gasteiger partial charge in [-0.3, -0.25) is 9.59 Å². The zero-order valence-corrected chi connectivity index (χ0v) is 24.0. The molecule has 0 unspecified atom stereocenters. The molecule has 1 aliphatic heterocycles. The minimum absolute atomic E-state index is 0.0227. The smallest absolute Gasteiger partial charge is 0.272 e. The van der Waals surface area contributed by atoms with Crippen LogP contribution in [0.25, 0.3) is 16.9 Å². The van der Waals surface area contributed by atoms with Gasteiger partial charge >= 0.3 is 0 Å². The molecule has 0 saturated carbocycles. The van der Waals surface area contributed by atoms with Crippen LogP contribution in [-0.4, -0.2) is 38.4 Å². The molecule has 4 N–H and O–H groups in total. The van der Waals surface area contributed by atoms with Crippen molar-refractivity contribution in [1.29, 1.82) is 0 Å². The lowest BCUT2D eigenvalue weighted by Gasteiger charge is -2.17. The maximum Gasteiger partial charge on any atom is 0.272 e. The fourth-order valence-corrected chi connectivity index (χ4v) is 5.06. The number of benzene rings is 2. The zero-order chi connectivity index (χ0) is 29.8. The number of amides is 2. The van der Waals surface area contributed by atoms with Crippen molar-refractivity contribution in [1.82, 2.24) is 24.8 Å². The Morgan fingerprint density at radius 2 is 2.07 bits per heavy atom. The van der Waals surface area contributed by atoms with Gasteiger partial charge in [-0.25, -0.2) is 14.4 Å². The highest BCUT2D eigenvalue weighted by atomic mass is 35.5. The highest BCUT2D eigenvalue weighted by molar-refractivity contribution is 6.30. The number of carbonyl (C=O) groups is 2. The van der Waals surface area contributed by atoms with Crippen molar-refractivity contribution in [2.24, 2.45) is 5.92 Å². The highest BCUT2D eigenvalue weighted by Crippen LogP contribution is 2.33. The average Bonchev–Trinajstić information content (AvgIpc) is 3.64. The molecule has 218 valence electrons. The van der Waals surface area contributed by atoms with Gasteiger partial charge in [0.05, 0.1) is 41.4 Å². The number of H-pyrrole nitrogens is 1. The molecule has 2 atom stereocenters. The molecule has 2 aromatic heterocycles. The Balaban J connectivity index is 1.42. The van der Waals surface area contributed by atoms with Crippen LogP contribution in [0.2, 0.25) is 5.02 Å². The van der Waals surface area contributed by atoms with E-state index >= 15 is 0 Å². The maximum absolute atomic E-state index is 14.5. The van der Waals surface area contributed by atoms with Gasteiger partial charge in [0, 0.05) is 23.9 Å². The predicted molar refractivity (Wildman–Crippen MR) is 159 cm³/mol. The van der Waals surface area contributed by atoms with E-state index in [9.17, 15) is 14.0 Å². The molecule has 42 heavy (non-hydrogen) atoms. The average molecular weight is 592 g/mol. The summed E-state index contributed by atoms with van der Waals surface area (Å²) in [4.78, 5) is 38.3. The minimum Gasteiger partial charge on any atom is -0.483 e. The molecule has 2 bridgehead atoms. The number of ether oxygens (including phenoxy) is 1. The first-order valence-electron chi connectivity index (χ1n) is 13.5. The van der Waals surface area contributed by atoms with E-state index in [4.69, 9.17) is 16.3 Å². The van der Waals surface area contributed by atoms with E-state index in [-0.39, 0.29) is 28.2 Å². The third-order valence-corrected chi connectivity index (χ3v) is 7.38. The molecule has 10 nitrogen and oxygen atoms in total. The second kappa shape index (κ2) is 12.5. The number of rotatable bonds is 6. The number of aromatic nitrogens is 4. The lowest BCUT2D eigenvalue weighted by Crippen LogP contribution is -2.29. The second-order valence-corrected chi connectivity index (χ2v) is 10.7. The Hall–Kier alpha value is -4.64. The molecule has 2 aromatic carbocycles. The summed E-state index contributed by atoms with van der Waals surface area (Å²) in [5.41, 5.74) is 3.00. The summed E-state index contributed by atoms with van der Waals surface area (Å²) in [6.07, 6.45) is 6.96. The molecule has 1 aliphatic rings. The van der Waals surface area contributed by atoms with E-state index in [1.165, 1.54) is 30.3 Å². The standard InChI is InChI=1S/C30H31ClFN7O3/c1-17-6-4-8-22(38-30(41)25-15-39(16-34-25)26-9-5-7-21(31)28(26)32)29-33-14-24(37-29)20-11-10-19(35-18(2)42-3)13-23(20)36-27(40)12-17/h5,7,9-11,13-17,22,35H,2,4,6,8,12H2,1,3H3,(H,33,37)(H,36,40)(H,38,41)/t17-,22+/m1/s1. The molecule has 12 heteroatoms. The molecule has 0 aliphatic carbocycles. The molecule has 4 aromatic rings. The number of aromatic amines is 1. The van der Waals surface area contributed by atoms with Gasteiger partial charge in [0.15, 0.2) is 11.7 Å². The summed E-state index contributed by atoms with van der Waals surface area (Å²) >= 11 is 5.92. The SMILES string of the molecule is C=C(Nc1ccc2c(c1)NC(=O)C[C@H](C)CCC[C@H](NC(=O)c1cn(-c3cccc(Cl)c3F)cn1)c1ncc-2[nH]1)OC. The molecule has 0 fully saturated rings. The molecular weight excluding hydrogens is 561 g/mol. The van der Waals surface area contributed by atoms with E-state index in [1.54, 1.807) is 24.4 Å². The van der Waals surface area contributed by atoms with Crippen LogP contribution in [0.15, 0.2) is 67.6 Å². The molecule has 0 spiro atoms. The quantitative estimate of drug-likeness (QED) is 0.198. The van der Waals surface area contributed by atoms with Gasteiger partial charge in [-0.2, -0.15) is 0 Å². The van der Waals surface area contributed by atoms with Crippen LogP contribution in [0, 0.1) is 11.7 Å². The summed E-state index contributed by atoms with van der Waals surface area (Å²) in [6, 6.07) is 9.68. The molecule has 5 rings (SSSR count). The first kappa shape index (κ1) is 28.9. The topological polar surface area (TPSA) is 126 Å². The van der Waals surface area contributed by atoms with Crippen LogP contribution >= 0.6 is 11.6 Å². The predicted octanol–water partition coefficient (Wildman–Crippen LogP) is 6.20. The van der Waals surface area contributed by atoms with E-state index in [2.05, 4.69) is 37.5 Å². The monoisotopic (exact) mass is 591 g/mol. The Labute approximate surface area is 247 Å². The Kier molecular flexibility index (Phi) is 8.58. The molecule has 3 heterocycles. The van der Waals surface area contributed by atoms with Gasteiger partial charge in [-0.1, -0.05) is 37.4 Å². The Morgan fingerprint density at radius 1 is 1.24 bits per heavy atom. The van der Waals surface area contributed by atoms with Gasteiger partial charge in [0.25, 0.3) is 5.91 Å². The van der Waals surface area contributed by atoms with Crippen LogP contribution in [0.5, 0.6) is 0 Å². The van der Waals surface area contributed by atoms with Crippen molar-refractivity contribution in [3.8, 4) is 16.9 Å². The first-order valence-corrected chi connectivity index (χ1v) is 13.9. The first-order chi connectivity index (χ1) is 20.2. The van der Waals surface area contributed by atoms with E-state index in [1.807, 2.05) is 19.1 Å². The van der Waals surface area contributed by atoms with Gasteiger partial charge in [-0.05, 0) is 49.2 Å². The van der Waals surface area contributed by atoms with Gasteiger partial charge in [-0.15, -0.1) is 0 Å². The normalized spacial score (nSPS) is 17.1. The van der Waals surface area contributed by atoms with Crippen LogP contribution in [-0.2, 0) is 9.53 Å². The summed E-state index contributed by atoms with van der Waals surface area (Å²) < 4.78 is 21.1. The third kappa shape index (κ3) is 6.46. The fourth-order valence-electron chi connectivity index (χ4n) is 4.89. The summed E-state index contributed by atoms with van der Waals surface area (Å²) in [5.74, 6) is -0.0716. The number of hydrogen-bond donors (Lipinski definition) is 4. The van der Waals surface area contributed by atoms with Crippen molar-refractivity contribution in [3.05, 3.63) is 89.9 Å². The van der Waals surface area contributed by atoms with Crippen molar-refractivity contribution < 1.29 is 18.7 Å². The lowest BCUT2D eigenvalue weighted by molar-refractivity contribution is -0.117. The lowest BCUT2D eigenvalue weighted by atomic mass is 9.97. The minimum atomic E-state index is -0.601. The molecule has 2 amide bonds. The van der Waals surface area contributed by atoms with E-state index < -0.39 is 17.8 Å². The molecule has 0 saturated heterocycles. The summed E-state index contributed by atoms with van der Waals surface area (Å²) in [7, 11) is 1.52. The van der Waals surface area contributed by atoms with E-state index in [0.29, 0.717) is 41.6 Å². The van der Waals surface area contributed by atoms with Crippen molar-refractivity contribution in [3.63, 3.8) is 0 Å². The molecule has 0 radical (unpaired) electrons. The summed E-state index contributed by atoms with van der Waals surface area (Å²) in [5, 5.41) is 9.09. The Morgan fingerprint density at radius 3 is 2.88 bits per heavy atom. The second-order valence-electron chi connectivity index (χ2n) is 10.2. The van der Waals surface area contributed by atoms with Crippen molar-refractivity contribution in [2.45, 2.75) is 38.6 Å². The number of anilines is 2. The maximum atomic E-state index is 14.5. The zero-order valence-electron chi connectivity index (χ0n) is 23.2. The highest BCUT2D eigenvalue weighted by Gasteiger charge is 2.23. The van der Waals surface area contributed by atoms with Crippen LogP contribution < -0.4 is 16.0 Å². The number of carbonyl (C=O) groups excluding carboxylic acids is 2. The number of hydrogen-bond acceptors (Lipinski definition) is 6. The number of halogens is 2. The number of nitrogens with zero attached hydrogens (tertiary/aromatic N) is 3. The summed E-state index contributed by atoms with van der Waals surface area (Å²) in [6.45, 7) is 5.82. The molecular formula is C30H31ClFN7O3. The third-order valence-electron chi connectivity index (χ3n) is 7.09. The van der Waals surface area contributed by atoms with Crippen molar-refractivity contribution in [2.75, 3.05) is 17.7 Å². The van der Waals surface area contributed by atoms with Crippen LogP contribution in [0.1, 0.15) is 55.0 Å². The number of imidazole rings is 2. The number of fused-ring (bicyclic) bond motifs is 4. The number of nitrogens with one attached hydrogen (secondary N) is 4. The fraction of sp³-hybridized carbons (Fsp3) is 0.267. The number of methoxy groups -OCH3 is 1. The van der Waals surface area contributed by atoms with Gasteiger partial charge in [0.1, 0.15) is 17.8 Å². The van der Waals surface area contributed by atoms with Crippen molar-refractivity contribution >= 4 is 34.8 Å². The largest absolute Gasteiger partial charge is 0.483 e. The van der Waals surface area contributed by atoms with E-state index in [0.717, 1.165) is 18.4 Å². The van der Waals surface area contributed by atoms with Gasteiger partial charge in [0.2, 0.25) is 5.91 Å². The van der Waals surface area contributed by atoms with Crippen LogP contribution in [0.3, 0.4) is 0 Å².